The fourth-order valence-corrected chi connectivity index (χ4v) is 3.72. The second-order valence-corrected chi connectivity index (χ2v) is 6.67. The van der Waals surface area contributed by atoms with Crippen molar-refractivity contribution in [1.29, 1.82) is 0 Å². The van der Waals surface area contributed by atoms with E-state index < -0.39 is 6.10 Å². The van der Waals surface area contributed by atoms with Crippen LogP contribution >= 0.6 is 11.8 Å². The van der Waals surface area contributed by atoms with E-state index in [1.165, 1.54) is 11.1 Å². The van der Waals surface area contributed by atoms with Crippen molar-refractivity contribution in [2.75, 3.05) is 7.11 Å². The SMILES string of the molecule is COc1ccc([C@@H]2Sc3cc(C)c(C)cc3N=C[C@@H]2O)cc1. The lowest BCUT2D eigenvalue weighted by molar-refractivity contribution is 0.244. The van der Waals surface area contributed by atoms with Crippen LogP contribution in [0.15, 0.2) is 46.3 Å². The zero-order valence-electron chi connectivity index (χ0n) is 12.9. The maximum absolute atomic E-state index is 10.4. The van der Waals surface area contributed by atoms with Gasteiger partial charge in [-0.3, -0.25) is 4.99 Å². The number of aryl methyl sites for hydroxylation is 2. The summed E-state index contributed by atoms with van der Waals surface area (Å²) in [6.45, 7) is 4.18. The summed E-state index contributed by atoms with van der Waals surface area (Å²) >= 11 is 1.66. The Balaban J connectivity index is 1.98. The number of nitrogens with zero attached hydrogens (tertiary/aromatic N) is 1. The highest BCUT2D eigenvalue weighted by molar-refractivity contribution is 7.99. The van der Waals surface area contributed by atoms with Gasteiger partial charge in [0.1, 0.15) is 11.9 Å². The second-order valence-electron chi connectivity index (χ2n) is 5.48. The molecule has 0 aliphatic carbocycles. The van der Waals surface area contributed by atoms with Gasteiger partial charge >= 0.3 is 0 Å². The monoisotopic (exact) mass is 313 g/mol. The van der Waals surface area contributed by atoms with Crippen molar-refractivity contribution in [2.45, 2.75) is 30.1 Å². The fourth-order valence-electron chi connectivity index (χ4n) is 2.47. The Labute approximate surface area is 135 Å². The number of rotatable bonds is 2. The highest BCUT2D eigenvalue weighted by Gasteiger charge is 2.25. The van der Waals surface area contributed by atoms with Crippen LogP contribution in [0, 0.1) is 13.8 Å². The van der Waals surface area contributed by atoms with Crippen molar-refractivity contribution in [3.8, 4) is 5.75 Å². The average Bonchev–Trinajstić information content (AvgIpc) is 2.68. The normalized spacial score (nSPS) is 20.4. The van der Waals surface area contributed by atoms with Crippen molar-refractivity contribution in [3.05, 3.63) is 53.1 Å². The molecule has 0 saturated carbocycles. The minimum Gasteiger partial charge on any atom is -0.497 e. The molecular weight excluding hydrogens is 294 g/mol. The molecule has 0 saturated heterocycles. The van der Waals surface area contributed by atoms with E-state index in [0.717, 1.165) is 21.9 Å². The number of methoxy groups -OCH3 is 1. The number of benzene rings is 2. The second kappa shape index (κ2) is 6.15. The summed E-state index contributed by atoms with van der Waals surface area (Å²) in [6.07, 6.45) is 1.02. The Morgan fingerprint density at radius 1 is 1.09 bits per heavy atom. The van der Waals surface area contributed by atoms with Crippen LogP contribution in [-0.4, -0.2) is 24.5 Å². The van der Waals surface area contributed by atoms with Gasteiger partial charge in [0, 0.05) is 11.1 Å². The number of aliphatic hydroxyl groups excluding tert-OH is 1. The highest BCUT2D eigenvalue weighted by atomic mass is 32.2. The van der Waals surface area contributed by atoms with Crippen molar-refractivity contribution in [1.82, 2.24) is 0 Å². The third-order valence-corrected chi connectivity index (χ3v) is 5.34. The lowest BCUT2D eigenvalue weighted by atomic mass is 10.1. The van der Waals surface area contributed by atoms with Gasteiger partial charge in [0.2, 0.25) is 0 Å². The number of hydrogen-bond donors (Lipinski definition) is 1. The van der Waals surface area contributed by atoms with Gasteiger partial charge in [-0.2, -0.15) is 0 Å². The Kier molecular flexibility index (Phi) is 4.23. The number of thioether (sulfide) groups is 1. The van der Waals surface area contributed by atoms with E-state index in [9.17, 15) is 5.11 Å². The van der Waals surface area contributed by atoms with E-state index in [4.69, 9.17) is 4.74 Å². The molecule has 114 valence electrons. The van der Waals surface area contributed by atoms with Gasteiger partial charge in [0.05, 0.1) is 18.0 Å². The third kappa shape index (κ3) is 2.89. The number of ether oxygens (including phenoxy) is 1. The minimum absolute atomic E-state index is 0.0713. The van der Waals surface area contributed by atoms with E-state index in [2.05, 4.69) is 31.0 Å². The predicted molar refractivity (Wildman–Crippen MR) is 91.7 cm³/mol. The molecule has 1 aliphatic heterocycles. The number of aliphatic imine (C=N–C) groups is 1. The van der Waals surface area contributed by atoms with E-state index in [0.29, 0.717) is 0 Å². The molecule has 1 aliphatic rings. The van der Waals surface area contributed by atoms with E-state index in [-0.39, 0.29) is 5.25 Å². The van der Waals surface area contributed by atoms with Crippen LogP contribution in [0.4, 0.5) is 5.69 Å². The molecule has 0 amide bonds. The molecule has 1 N–H and O–H groups in total. The molecule has 2 aromatic rings. The molecule has 3 rings (SSSR count). The number of fused-ring (bicyclic) bond motifs is 1. The molecule has 22 heavy (non-hydrogen) atoms. The first-order valence-corrected chi connectivity index (χ1v) is 8.10. The van der Waals surface area contributed by atoms with Gasteiger partial charge in [-0.25, -0.2) is 0 Å². The van der Waals surface area contributed by atoms with Crippen LogP contribution in [-0.2, 0) is 0 Å². The van der Waals surface area contributed by atoms with Crippen LogP contribution in [0.2, 0.25) is 0 Å². The van der Waals surface area contributed by atoms with Crippen LogP contribution in [0.3, 0.4) is 0 Å². The third-order valence-electron chi connectivity index (χ3n) is 3.95. The maximum atomic E-state index is 10.4. The maximum Gasteiger partial charge on any atom is 0.118 e. The summed E-state index contributed by atoms with van der Waals surface area (Å²) < 4.78 is 5.20. The van der Waals surface area contributed by atoms with Gasteiger partial charge in [-0.1, -0.05) is 12.1 Å². The molecule has 0 spiro atoms. The highest BCUT2D eigenvalue weighted by Crippen LogP contribution is 2.44. The number of hydrogen-bond acceptors (Lipinski definition) is 4. The van der Waals surface area contributed by atoms with E-state index >= 15 is 0 Å². The summed E-state index contributed by atoms with van der Waals surface area (Å²) in [5.41, 5.74) is 4.46. The smallest absolute Gasteiger partial charge is 0.118 e. The summed E-state index contributed by atoms with van der Waals surface area (Å²) in [7, 11) is 1.65. The van der Waals surface area contributed by atoms with E-state index in [1.807, 2.05) is 24.3 Å². The lowest BCUT2D eigenvalue weighted by Gasteiger charge is -2.19. The largest absolute Gasteiger partial charge is 0.497 e. The van der Waals surface area contributed by atoms with Crippen molar-refractivity contribution in [2.24, 2.45) is 4.99 Å². The Hall–Kier alpha value is -1.78. The molecule has 0 bridgehead atoms. The first kappa shape index (κ1) is 15.1. The molecule has 0 unspecified atom stereocenters. The summed E-state index contributed by atoms with van der Waals surface area (Å²) in [5, 5.41) is 10.4. The van der Waals surface area contributed by atoms with Gasteiger partial charge in [0.15, 0.2) is 0 Å². The van der Waals surface area contributed by atoms with Crippen molar-refractivity contribution >= 4 is 23.7 Å². The Morgan fingerprint density at radius 2 is 1.77 bits per heavy atom. The zero-order chi connectivity index (χ0) is 15.7. The van der Waals surface area contributed by atoms with Crippen LogP contribution < -0.4 is 4.74 Å². The fraction of sp³-hybridized carbons (Fsp3) is 0.278. The molecule has 2 aromatic carbocycles. The molecule has 0 fully saturated rings. The van der Waals surface area contributed by atoms with E-state index in [1.54, 1.807) is 25.1 Å². The van der Waals surface area contributed by atoms with Crippen molar-refractivity contribution in [3.63, 3.8) is 0 Å². The van der Waals surface area contributed by atoms with Crippen LogP contribution in [0.1, 0.15) is 21.9 Å². The molecule has 1 heterocycles. The lowest BCUT2D eigenvalue weighted by Crippen LogP contribution is -2.16. The Morgan fingerprint density at radius 3 is 2.45 bits per heavy atom. The average molecular weight is 313 g/mol. The zero-order valence-corrected chi connectivity index (χ0v) is 13.7. The molecule has 3 nitrogen and oxygen atoms in total. The molecular formula is C18H19NO2S. The van der Waals surface area contributed by atoms with Crippen LogP contribution in [0.25, 0.3) is 0 Å². The quantitative estimate of drug-likeness (QED) is 0.902. The van der Waals surface area contributed by atoms with Gasteiger partial charge < -0.3 is 9.84 Å². The standard InChI is InChI=1S/C18H19NO2S/c1-11-8-15-17(9-12(11)2)22-18(16(20)10-19-15)13-4-6-14(21-3)7-5-13/h4-10,16,18,20H,1-3H3/t16-,18-/m0/s1. The van der Waals surface area contributed by atoms with Gasteiger partial charge in [0.25, 0.3) is 0 Å². The molecule has 4 heteroatoms. The first-order valence-electron chi connectivity index (χ1n) is 7.22. The number of aliphatic hydroxyl groups is 1. The molecule has 0 radical (unpaired) electrons. The summed E-state index contributed by atoms with van der Waals surface area (Å²) in [5.74, 6) is 0.817. The van der Waals surface area contributed by atoms with Gasteiger partial charge in [-0.05, 0) is 54.8 Å². The van der Waals surface area contributed by atoms with Crippen molar-refractivity contribution < 1.29 is 9.84 Å². The first-order chi connectivity index (χ1) is 10.6. The molecule has 0 aromatic heterocycles. The summed E-state index contributed by atoms with van der Waals surface area (Å²) in [6, 6.07) is 12.1. The van der Waals surface area contributed by atoms with Crippen LogP contribution in [0.5, 0.6) is 5.75 Å². The van der Waals surface area contributed by atoms with Gasteiger partial charge in [-0.15, -0.1) is 11.8 Å². The topological polar surface area (TPSA) is 41.8 Å². The Bertz CT molecular complexity index is 710. The predicted octanol–water partition coefficient (Wildman–Crippen LogP) is 4.22. The molecule has 2 atom stereocenters. The summed E-state index contributed by atoms with van der Waals surface area (Å²) in [4.78, 5) is 5.57. The minimum atomic E-state index is -0.619.